The van der Waals surface area contributed by atoms with Crippen LogP contribution in [0.4, 0.5) is 8.78 Å². The largest absolute Gasteiger partial charge is 0.356 e. The third-order valence-corrected chi connectivity index (χ3v) is 4.36. The zero-order chi connectivity index (χ0) is 18.1. The van der Waals surface area contributed by atoms with Gasteiger partial charge in [-0.3, -0.25) is 4.79 Å². The van der Waals surface area contributed by atoms with E-state index in [0.29, 0.717) is 24.7 Å². The number of amides is 1. The lowest BCUT2D eigenvalue weighted by Gasteiger charge is -2.31. The van der Waals surface area contributed by atoms with Crippen LogP contribution in [-0.4, -0.2) is 44.0 Å². The van der Waals surface area contributed by atoms with Gasteiger partial charge in [-0.1, -0.05) is 5.16 Å². The van der Waals surface area contributed by atoms with E-state index in [1.165, 1.54) is 24.5 Å². The first-order chi connectivity index (χ1) is 12.6. The van der Waals surface area contributed by atoms with Crippen LogP contribution in [0.25, 0.3) is 11.5 Å². The normalized spacial score (nSPS) is 17.5. The van der Waals surface area contributed by atoms with Crippen molar-refractivity contribution in [2.75, 3.05) is 13.1 Å². The van der Waals surface area contributed by atoms with Crippen molar-refractivity contribution in [2.45, 2.75) is 18.8 Å². The van der Waals surface area contributed by atoms with Crippen molar-refractivity contribution >= 4 is 5.91 Å². The molecule has 0 radical (unpaired) electrons. The first-order valence-electron chi connectivity index (χ1n) is 8.19. The highest BCUT2D eigenvalue weighted by atomic mass is 19.1. The molecular weight excluding hydrogens is 344 g/mol. The molecular formula is C17H15F2N5O2. The van der Waals surface area contributed by atoms with E-state index in [1.807, 2.05) is 0 Å². The highest BCUT2D eigenvalue weighted by Crippen LogP contribution is 2.28. The van der Waals surface area contributed by atoms with Gasteiger partial charge in [0.25, 0.3) is 5.91 Å². The molecule has 1 N–H and O–H groups in total. The van der Waals surface area contributed by atoms with Crippen molar-refractivity contribution in [2.24, 2.45) is 0 Å². The van der Waals surface area contributed by atoms with E-state index in [9.17, 15) is 13.6 Å². The van der Waals surface area contributed by atoms with Gasteiger partial charge in [-0.05, 0) is 18.9 Å². The summed E-state index contributed by atoms with van der Waals surface area (Å²) in [6.07, 6.45) is 4.03. The summed E-state index contributed by atoms with van der Waals surface area (Å²) in [6.45, 7) is 0.964. The molecule has 9 heteroatoms. The van der Waals surface area contributed by atoms with Gasteiger partial charge in [-0.25, -0.2) is 9.37 Å². The summed E-state index contributed by atoms with van der Waals surface area (Å²) in [5.41, 5.74) is 0.680. The zero-order valence-electron chi connectivity index (χ0n) is 13.7. The highest BCUT2D eigenvalue weighted by molar-refractivity contribution is 5.94. The van der Waals surface area contributed by atoms with E-state index in [2.05, 4.69) is 20.1 Å². The Labute approximate surface area is 147 Å². The van der Waals surface area contributed by atoms with Crippen molar-refractivity contribution in [3.8, 4) is 11.5 Å². The third-order valence-electron chi connectivity index (χ3n) is 4.36. The van der Waals surface area contributed by atoms with E-state index in [0.717, 1.165) is 18.9 Å². The molecule has 1 aliphatic rings. The molecule has 3 aromatic rings. The lowest BCUT2D eigenvalue weighted by atomic mass is 9.97. The molecule has 3 aromatic heterocycles. The first kappa shape index (κ1) is 16.4. The summed E-state index contributed by atoms with van der Waals surface area (Å²) < 4.78 is 31.7. The maximum Gasteiger partial charge on any atom is 0.254 e. The fourth-order valence-electron chi connectivity index (χ4n) is 3.09. The molecule has 1 fully saturated rings. The maximum absolute atomic E-state index is 13.3. The topological polar surface area (TPSA) is 87.9 Å². The molecule has 1 amide bonds. The molecule has 1 saturated heterocycles. The Balaban J connectivity index is 1.50. The number of hydrogen-bond donors (Lipinski definition) is 1. The number of hydrogen-bond acceptors (Lipinski definition) is 5. The molecule has 4 rings (SSSR count). The molecule has 26 heavy (non-hydrogen) atoms. The number of carbonyl (C=O) groups excluding carboxylic acids is 1. The Morgan fingerprint density at radius 2 is 2.23 bits per heavy atom. The molecule has 1 unspecified atom stereocenters. The fraction of sp³-hybridized carbons (Fsp3) is 0.294. The van der Waals surface area contributed by atoms with Crippen LogP contribution in [0.15, 0.2) is 35.1 Å². The number of aromatic nitrogens is 4. The third kappa shape index (κ3) is 3.19. The Bertz CT molecular complexity index is 939. The standard InChI is InChI=1S/C17H15F2N5O2/c18-12-7-13(21-8-12)15-22-16(26-23-15)11-2-1-5-24(9-11)17(25)10-3-4-20-14(19)6-10/h3-4,6-8,11,21H,1-2,5,9H2. The number of aromatic amines is 1. The first-order valence-corrected chi connectivity index (χ1v) is 8.19. The number of likely N-dealkylation sites (tertiary alicyclic amines) is 1. The second-order valence-electron chi connectivity index (χ2n) is 6.15. The second-order valence-corrected chi connectivity index (χ2v) is 6.15. The predicted molar refractivity (Wildman–Crippen MR) is 86.1 cm³/mol. The molecule has 134 valence electrons. The molecule has 0 spiro atoms. The van der Waals surface area contributed by atoms with Gasteiger partial charge >= 0.3 is 0 Å². The van der Waals surface area contributed by atoms with Crippen LogP contribution >= 0.6 is 0 Å². The number of nitrogens with one attached hydrogen (secondary N) is 1. The lowest BCUT2D eigenvalue weighted by molar-refractivity contribution is 0.0695. The van der Waals surface area contributed by atoms with Crippen LogP contribution in [0.5, 0.6) is 0 Å². The SMILES string of the molecule is O=C(c1ccnc(F)c1)N1CCCC(c2nc(-c3cc(F)c[nH]3)no2)C1. The number of nitrogens with zero attached hydrogens (tertiary/aromatic N) is 4. The summed E-state index contributed by atoms with van der Waals surface area (Å²) >= 11 is 0. The number of carbonyl (C=O) groups is 1. The molecule has 4 heterocycles. The van der Waals surface area contributed by atoms with E-state index >= 15 is 0 Å². The smallest absolute Gasteiger partial charge is 0.254 e. The van der Waals surface area contributed by atoms with Gasteiger partial charge in [0.1, 0.15) is 5.82 Å². The molecule has 0 saturated carbocycles. The summed E-state index contributed by atoms with van der Waals surface area (Å²) in [4.78, 5) is 24.7. The van der Waals surface area contributed by atoms with Crippen molar-refractivity contribution in [3.63, 3.8) is 0 Å². The Kier molecular flexibility index (Phi) is 4.19. The molecule has 0 aromatic carbocycles. The zero-order valence-corrected chi connectivity index (χ0v) is 13.7. The van der Waals surface area contributed by atoms with Gasteiger partial charge < -0.3 is 14.4 Å². The van der Waals surface area contributed by atoms with Crippen LogP contribution in [0.1, 0.15) is 35.0 Å². The summed E-state index contributed by atoms with van der Waals surface area (Å²) in [5, 5.41) is 3.87. The van der Waals surface area contributed by atoms with Crippen LogP contribution in [0, 0.1) is 11.8 Å². The van der Waals surface area contributed by atoms with E-state index in [1.54, 1.807) is 4.90 Å². The van der Waals surface area contributed by atoms with Gasteiger partial charge in [0, 0.05) is 43.2 Å². The number of halogens is 2. The van der Waals surface area contributed by atoms with Crippen molar-refractivity contribution in [1.29, 1.82) is 0 Å². The average Bonchev–Trinajstić information content (AvgIpc) is 3.30. The van der Waals surface area contributed by atoms with Gasteiger partial charge in [-0.2, -0.15) is 9.37 Å². The maximum atomic E-state index is 13.3. The Morgan fingerprint density at radius 3 is 3.00 bits per heavy atom. The van der Waals surface area contributed by atoms with Crippen LogP contribution in [-0.2, 0) is 0 Å². The summed E-state index contributed by atoms with van der Waals surface area (Å²) in [7, 11) is 0. The number of rotatable bonds is 3. The quantitative estimate of drug-likeness (QED) is 0.727. The molecule has 0 bridgehead atoms. The summed E-state index contributed by atoms with van der Waals surface area (Å²) in [6, 6.07) is 3.89. The average molecular weight is 359 g/mol. The van der Waals surface area contributed by atoms with E-state index < -0.39 is 11.8 Å². The number of piperidine rings is 1. The predicted octanol–water partition coefficient (Wildman–Crippen LogP) is 2.76. The highest BCUT2D eigenvalue weighted by Gasteiger charge is 2.29. The minimum Gasteiger partial charge on any atom is -0.356 e. The van der Waals surface area contributed by atoms with Crippen molar-refractivity contribution < 1.29 is 18.1 Å². The van der Waals surface area contributed by atoms with Gasteiger partial charge in [-0.15, -0.1) is 0 Å². The number of pyridine rings is 1. The minimum atomic E-state index is -0.691. The van der Waals surface area contributed by atoms with E-state index in [-0.39, 0.29) is 23.2 Å². The summed E-state index contributed by atoms with van der Waals surface area (Å²) in [5.74, 6) is -0.825. The second kappa shape index (κ2) is 6.66. The molecule has 7 nitrogen and oxygen atoms in total. The Morgan fingerprint density at radius 1 is 1.35 bits per heavy atom. The Hall–Kier alpha value is -3.10. The minimum absolute atomic E-state index is 0.125. The molecule has 0 aliphatic carbocycles. The van der Waals surface area contributed by atoms with Crippen LogP contribution < -0.4 is 0 Å². The fourth-order valence-corrected chi connectivity index (χ4v) is 3.09. The lowest BCUT2D eigenvalue weighted by Crippen LogP contribution is -2.39. The van der Waals surface area contributed by atoms with Gasteiger partial charge in [0.15, 0.2) is 0 Å². The van der Waals surface area contributed by atoms with Crippen molar-refractivity contribution in [1.82, 2.24) is 25.0 Å². The molecule has 1 atom stereocenters. The van der Waals surface area contributed by atoms with Gasteiger partial charge in [0.2, 0.25) is 17.7 Å². The van der Waals surface area contributed by atoms with Gasteiger partial charge in [0.05, 0.1) is 11.6 Å². The number of H-pyrrole nitrogens is 1. The van der Waals surface area contributed by atoms with Crippen LogP contribution in [0.2, 0.25) is 0 Å². The monoisotopic (exact) mass is 359 g/mol. The van der Waals surface area contributed by atoms with Crippen LogP contribution in [0.3, 0.4) is 0 Å². The van der Waals surface area contributed by atoms with Crippen molar-refractivity contribution in [3.05, 3.63) is 53.8 Å². The van der Waals surface area contributed by atoms with E-state index in [4.69, 9.17) is 4.52 Å². The molecule has 1 aliphatic heterocycles.